The molecular weight excluding hydrogens is 236 g/mol. The van der Waals surface area contributed by atoms with Crippen LogP contribution in [0.5, 0.6) is 0 Å². The average Bonchev–Trinajstić information content (AvgIpc) is 2.77. The Morgan fingerprint density at radius 3 is 2.72 bits per heavy atom. The van der Waals surface area contributed by atoms with Crippen molar-refractivity contribution in [3.63, 3.8) is 0 Å². The van der Waals surface area contributed by atoms with Crippen LogP contribution >= 0.6 is 0 Å². The van der Waals surface area contributed by atoms with E-state index in [1.807, 2.05) is 0 Å². The van der Waals surface area contributed by atoms with Crippen LogP contribution in [0.15, 0.2) is 12.4 Å². The quantitative estimate of drug-likeness (QED) is 0.704. The van der Waals surface area contributed by atoms with E-state index in [4.69, 9.17) is 10.8 Å². The van der Waals surface area contributed by atoms with Gasteiger partial charge in [0.25, 0.3) is 5.91 Å². The lowest BCUT2D eigenvalue weighted by Gasteiger charge is -2.18. The summed E-state index contributed by atoms with van der Waals surface area (Å²) in [5.41, 5.74) is 5.22. The number of anilines is 1. The summed E-state index contributed by atoms with van der Waals surface area (Å²) < 4.78 is 0. The van der Waals surface area contributed by atoms with Gasteiger partial charge >= 0.3 is 5.97 Å². The van der Waals surface area contributed by atoms with Crippen LogP contribution < -0.4 is 11.1 Å². The summed E-state index contributed by atoms with van der Waals surface area (Å²) in [6.07, 6.45) is 4.99. The normalized spacial score (nSPS) is 22.7. The Morgan fingerprint density at radius 1 is 1.33 bits per heavy atom. The van der Waals surface area contributed by atoms with Gasteiger partial charge in [0, 0.05) is 18.4 Å². The number of carbonyl (C=O) groups is 2. The number of nitrogens with two attached hydrogens (primary N) is 1. The van der Waals surface area contributed by atoms with Crippen molar-refractivity contribution >= 4 is 17.7 Å². The Balaban J connectivity index is 2.19. The van der Waals surface area contributed by atoms with Gasteiger partial charge in [-0.3, -0.25) is 9.59 Å². The van der Waals surface area contributed by atoms with Crippen molar-refractivity contribution in [3.05, 3.63) is 18.1 Å². The van der Waals surface area contributed by atoms with Gasteiger partial charge in [0.2, 0.25) is 0 Å². The van der Waals surface area contributed by atoms with Crippen molar-refractivity contribution < 1.29 is 14.7 Å². The fourth-order valence-electron chi connectivity index (χ4n) is 2.23. The van der Waals surface area contributed by atoms with Crippen LogP contribution in [0, 0.1) is 5.92 Å². The molecule has 1 aliphatic rings. The number of amides is 1. The van der Waals surface area contributed by atoms with E-state index >= 15 is 0 Å². The molecule has 18 heavy (non-hydrogen) atoms. The minimum atomic E-state index is -0.838. The molecule has 1 aromatic rings. The van der Waals surface area contributed by atoms with Gasteiger partial charge in [0.15, 0.2) is 11.5 Å². The molecule has 0 aromatic carbocycles. The standard InChI is InChI=1S/C11H14N4O3/c12-9(16)8-10(14-5-4-13-8)15-7-3-1-2-6(7)11(17)18/h4-7H,1-3H2,(H2,12,16)(H,14,15)(H,17,18). The van der Waals surface area contributed by atoms with Gasteiger partial charge < -0.3 is 16.2 Å². The second-order valence-corrected chi connectivity index (χ2v) is 4.24. The molecule has 1 fully saturated rings. The third-order valence-electron chi connectivity index (χ3n) is 3.09. The molecule has 2 rings (SSSR count). The molecular formula is C11H14N4O3. The van der Waals surface area contributed by atoms with Gasteiger partial charge in [-0.15, -0.1) is 0 Å². The molecule has 2 unspecified atom stereocenters. The van der Waals surface area contributed by atoms with E-state index in [0.29, 0.717) is 6.42 Å². The summed E-state index contributed by atoms with van der Waals surface area (Å²) in [6.45, 7) is 0. The molecule has 1 heterocycles. The fraction of sp³-hybridized carbons (Fsp3) is 0.455. The number of carboxylic acid groups (broad SMARTS) is 1. The number of nitrogens with zero attached hydrogens (tertiary/aromatic N) is 2. The molecule has 4 N–H and O–H groups in total. The third-order valence-corrected chi connectivity index (χ3v) is 3.09. The number of carboxylic acids is 1. The molecule has 0 radical (unpaired) electrons. The summed E-state index contributed by atoms with van der Waals surface area (Å²) in [5, 5.41) is 12.0. The van der Waals surface area contributed by atoms with E-state index in [0.717, 1.165) is 12.8 Å². The van der Waals surface area contributed by atoms with E-state index in [1.54, 1.807) is 0 Å². The Labute approximate surface area is 103 Å². The first-order chi connectivity index (χ1) is 8.59. The Bertz CT molecular complexity index is 477. The smallest absolute Gasteiger partial charge is 0.308 e. The van der Waals surface area contributed by atoms with Gasteiger partial charge in [-0.1, -0.05) is 6.42 Å². The van der Waals surface area contributed by atoms with Crippen LogP contribution in [0.4, 0.5) is 5.82 Å². The van der Waals surface area contributed by atoms with Crippen molar-refractivity contribution in [2.24, 2.45) is 11.7 Å². The van der Waals surface area contributed by atoms with E-state index < -0.39 is 17.8 Å². The van der Waals surface area contributed by atoms with Crippen LogP contribution in [0.25, 0.3) is 0 Å². The molecule has 1 aliphatic carbocycles. The lowest BCUT2D eigenvalue weighted by Crippen LogP contribution is -2.31. The average molecular weight is 250 g/mol. The van der Waals surface area contributed by atoms with Crippen molar-refractivity contribution in [3.8, 4) is 0 Å². The number of aromatic nitrogens is 2. The maximum atomic E-state index is 11.2. The number of carbonyl (C=O) groups excluding carboxylic acids is 1. The first kappa shape index (κ1) is 12.3. The van der Waals surface area contributed by atoms with E-state index in [9.17, 15) is 9.59 Å². The van der Waals surface area contributed by atoms with E-state index in [2.05, 4.69) is 15.3 Å². The van der Waals surface area contributed by atoms with Gasteiger partial charge in [-0.05, 0) is 12.8 Å². The number of hydrogen-bond donors (Lipinski definition) is 3. The second kappa shape index (κ2) is 4.99. The molecule has 0 saturated heterocycles. The molecule has 96 valence electrons. The molecule has 1 aromatic heterocycles. The highest BCUT2D eigenvalue weighted by molar-refractivity contribution is 5.95. The van der Waals surface area contributed by atoms with Crippen LogP contribution in [-0.2, 0) is 4.79 Å². The zero-order valence-corrected chi connectivity index (χ0v) is 9.67. The SMILES string of the molecule is NC(=O)c1nccnc1NC1CCCC1C(=O)O. The number of rotatable bonds is 4. The predicted molar refractivity (Wildman–Crippen MR) is 62.9 cm³/mol. The minimum absolute atomic E-state index is 0.0357. The zero-order valence-electron chi connectivity index (χ0n) is 9.67. The first-order valence-electron chi connectivity index (χ1n) is 5.69. The lowest BCUT2D eigenvalue weighted by molar-refractivity contribution is -0.141. The number of primary amides is 1. The number of aliphatic carboxylic acids is 1. The maximum absolute atomic E-state index is 11.2. The topological polar surface area (TPSA) is 118 Å². The molecule has 7 nitrogen and oxygen atoms in total. The van der Waals surface area contributed by atoms with Gasteiger partial charge in [-0.25, -0.2) is 9.97 Å². The fourth-order valence-corrected chi connectivity index (χ4v) is 2.23. The summed E-state index contributed by atoms with van der Waals surface area (Å²) in [5.74, 6) is -1.74. The number of hydrogen-bond acceptors (Lipinski definition) is 5. The summed E-state index contributed by atoms with van der Waals surface area (Å²) >= 11 is 0. The molecule has 1 saturated carbocycles. The van der Waals surface area contributed by atoms with Crippen LogP contribution in [0.3, 0.4) is 0 Å². The summed E-state index contributed by atoms with van der Waals surface area (Å²) in [7, 11) is 0. The van der Waals surface area contributed by atoms with Crippen LogP contribution in [0.2, 0.25) is 0 Å². The lowest BCUT2D eigenvalue weighted by atomic mass is 10.0. The van der Waals surface area contributed by atoms with Crippen molar-refractivity contribution in [1.82, 2.24) is 9.97 Å². The molecule has 0 aliphatic heterocycles. The van der Waals surface area contributed by atoms with E-state index in [1.165, 1.54) is 12.4 Å². The largest absolute Gasteiger partial charge is 0.481 e. The predicted octanol–water partition coefficient (Wildman–Crippen LogP) is 0.241. The Hall–Kier alpha value is -2.18. The molecule has 0 bridgehead atoms. The highest BCUT2D eigenvalue weighted by Crippen LogP contribution is 2.28. The minimum Gasteiger partial charge on any atom is -0.481 e. The molecule has 1 amide bonds. The molecule has 2 atom stereocenters. The Kier molecular flexibility index (Phi) is 3.40. The monoisotopic (exact) mass is 250 g/mol. The van der Waals surface area contributed by atoms with Crippen molar-refractivity contribution in [2.75, 3.05) is 5.32 Å². The highest BCUT2D eigenvalue weighted by Gasteiger charge is 2.33. The van der Waals surface area contributed by atoms with Gasteiger partial charge in [0.1, 0.15) is 0 Å². The second-order valence-electron chi connectivity index (χ2n) is 4.24. The van der Waals surface area contributed by atoms with Gasteiger partial charge in [-0.2, -0.15) is 0 Å². The number of nitrogens with one attached hydrogen (secondary N) is 1. The summed E-state index contributed by atoms with van der Waals surface area (Å²) in [4.78, 5) is 30.1. The first-order valence-corrected chi connectivity index (χ1v) is 5.69. The molecule has 7 heteroatoms. The van der Waals surface area contributed by atoms with Crippen LogP contribution in [0.1, 0.15) is 29.8 Å². The zero-order chi connectivity index (χ0) is 13.1. The maximum Gasteiger partial charge on any atom is 0.308 e. The van der Waals surface area contributed by atoms with E-state index in [-0.39, 0.29) is 17.6 Å². The van der Waals surface area contributed by atoms with Crippen molar-refractivity contribution in [2.45, 2.75) is 25.3 Å². The van der Waals surface area contributed by atoms with Crippen LogP contribution in [-0.4, -0.2) is 33.0 Å². The summed E-state index contributed by atoms with van der Waals surface area (Å²) in [6, 6.07) is -0.239. The Morgan fingerprint density at radius 2 is 2.06 bits per heavy atom. The third kappa shape index (κ3) is 2.39. The van der Waals surface area contributed by atoms with Crippen molar-refractivity contribution in [1.29, 1.82) is 0 Å². The highest BCUT2D eigenvalue weighted by atomic mass is 16.4. The molecule has 0 spiro atoms. The van der Waals surface area contributed by atoms with Gasteiger partial charge in [0.05, 0.1) is 5.92 Å².